The monoisotopic (exact) mass is 394 g/mol. The lowest BCUT2D eigenvalue weighted by Gasteiger charge is -2.35. The van der Waals surface area contributed by atoms with Crippen LogP contribution >= 0.6 is 11.3 Å². The highest BCUT2D eigenvalue weighted by atomic mass is 32.1. The smallest absolute Gasteiger partial charge is 0.264 e. The fourth-order valence-corrected chi connectivity index (χ4v) is 4.83. The second-order valence-electron chi connectivity index (χ2n) is 7.71. The maximum Gasteiger partial charge on any atom is 0.264 e. The van der Waals surface area contributed by atoms with Crippen LogP contribution in [0.15, 0.2) is 30.3 Å². The van der Waals surface area contributed by atoms with Crippen molar-refractivity contribution in [1.29, 1.82) is 0 Å². The minimum atomic E-state index is 0.153. The van der Waals surface area contributed by atoms with Gasteiger partial charge in [0.25, 0.3) is 5.91 Å². The highest BCUT2D eigenvalue weighted by molar-refractivity contribution is 7.21. The van der Waals surface area contributed by atoms with Gasteiger partial charge >= 0.3 is 0 Å². The number of carbonyl (C=O) groups excluding carboxylic acids is 1. The Balaban J connectivity index is 1.49. The Labute approximate surface area is 170 Å². The number of thiophene rings is 1. The van der Waals surface area contributed by atoms with Gasteiger partial charge in [-0.3, -0.25) is 4.79 Å². The minimum Gasteiger partial charge on any atom is -0.353 e. The van der Waals surface area contributed by atoms with E-state index in [4.69, 9.17) is 4.98 Å². The number of hydrogen-bond donors (Lipinski definition) is 0. The van der Waals surface area contributed by atoms with Crippen LogP contribution in [0.2, 0.25) is 0 Å². The van der Waals surface area contributed by atoms with Crippen LogP contribution in [0.25, 0.3) is 10.1 Å². The van der Waals surface area contributed by atoms with E-state index in [0.717, 1.165) is 40.9 Å². The van der Waals surface area contributed by atoms with Crippen LogP contribution in [0.4, 0.5) is 5.82 Å². The van der Waals surface area contributed by atoms with Crippen molar-refractivity contribution in [2.24, 2.45) is 0 Å². The lowest BCUT2D eigenvalue weighted by Crippen LogP contribution is -2.49. The molecule has 1 aromatic carbocycles. The van der Waals surface area contributed by atoms with Crippen molar-refractivity contribution in [3.63, 3.8) is 0 Å². The third-order valence-electron chi connectivity index (χ3n) is 5.30. The lowest BCUT2D eigenvalue weighted by atomic mass is 10.1. The average molecular weight is 395 g/mol. The second kappa shape index (κ2) is 7.51. The number of aryl methyl sites for hydroxylation is 2. The number of amides is 1. The van der Waals surface area contributed by atoms with E-state index >= 15 is 0 Å². The number of fused-ring (bicyclic) bond motifs is 1. The minimum absolute atomic E-state index is 0.153. The first kappa shape index (κ1) is 18.9. The van der Waals surface area contributed by atoms with Crippen molar-refractivity contribution >= 4 is 33.1 Å². The molecule has 0 bridgehead atoms. The van der Waals surface area contributed by atoms with Crippen molar-refractivity contribution < 1.29 is 4.79 Å². The third kappa shape index (κ3) is 3.49. The summed E-state index contributed by atoms with van der Waals surface area (Å²) in [7, 11) is 0. The molecule has 0 atom stereocenters. The molecule has 28 heavy (non-hydrogen) atoms. The summed E-state index contributed by atoms with van der Waals surface area (Å²) in [5.41, 5.74) is 2.09. The second-order valence-corrected chi connectivity index (χ2v) is 8.76. The van der Waals surface area contributed by atoms with E-state index in [-0.39, 0.29) is 5.91 Å². The molecule has 0 unspecified atom stereocenters. The molecule has 1 aliphatic heterocycles. The van der Waals surface area contributed by atoms with E-state index in [2.05, 4.69) is 42.8 Å². The van der Waals surface area contributed by atoms with Gasteiger partial charge in [0.05, 0.1) is 4.88 Å². The molecule has 1 amide bonds. The Bertz CT molecular complexity index is 1020. The van der Waals surface area contributed by atoms with E-state index < -0.39 is 0 Å². The Morgan fingerprint density at radius 1 is 1.07 bits per heavy atom. The lowest BCUT2D eigenvalue weighted by molar-refractivity contribution is 0.0751. The summed E-state index contributed by atoms with van der Waals surface area (Å²) in [5.74, 6) is 2.31. The number of aromatic nitrogens is 2. The summed E-state index contributed by atoms with van der Waals surface area (Å²) >= 11 is 1.60. The van der Waals surface area contributed by atoms with Gasteiger partial charge in [0.2, 0.25) is 0 Å². The standard InChI is InChI=1S/C22H26N4OS/c1-14(2)21-23-15(3)13-19(24-21)25-9-11-26(12-10-25)22(27)20-16(4)17-7-5-6-8-18(17)28-20/h5-8,13-14H,9-12H2,1-4H3. The topological polar surface area (TPSA) is 49.3 Å². The molecule has 3 aromatic rings. The molecule has 4 rings (SSSR count). The molecule has 6 heteroatoms. The molecule has 0 spiro atoms. The summed E-state index contributed by atoms with van der Waals surface area (Å²) in [6.07, 6.45) is 0. The molecule has 0 saturated carbocycles. The van der Waals surface area contributed by atoms with Crippen molar-refractivity contribution in [2.75, 3.05) is 31.1 Å². The molecular weight excluding hydrogens is 368 g/mol. The Morgan fingerprint density at radius 3 is 2.46 bits per heavy atom. The number of hydrogen-bond acceptors (Lipinski definition) is 5. The molecule has 3 heterocycles. The zero-order valence-corrected chi connectivity index (χ0v) is 17.7. The van der Waals surface area contributed by atoms with E-state index in [0.29, 0.717) is 19.0 Å². The molecule has 1 saturated heterocycles. The molecule has 1 fully saturated rings. The van der Waals surface area contributed by atoms with Gasteiger partial charge < -0.3 is 9.80 Å². The Hall–Kier alpha value is -2.47. The Morgan fingerprint density at radius 2 is 1.79 bits per heavy atom. The van der Waals surface area contributed by atoms with E-state index in [1.54, 1.807) is 11.3 Å². The van der Waals surface area contributed by atoms with Gasteiger partial charge in [0.15, 0.2) is 0 Å². The van der Waals surface area contributed by atoms with E-state index in [1.165, 1.54) is 10.1 Å². The first-order chi connectivity index (χ1) is 13.4. The summed E-state index contributed by atoms with van der Waals surface area (Å²) < 4.78 is 1.18. The van der Waals surface area contributed by atoms with Crippen molar-refractivity contribution in [3.8, 4) is 0 Å². The zero-order valence-electron chi connectivity index (χ0n) is 16.9. The molecular formula is C22H26N4OS. The van der Waals surface area contributed by atoms with Crippen LogP contribution < -0.4 is 4.90 Å². The number of nitrogens with zero attached hydrogens (tertiary/aromatic N) is 4. The van der Waals surface area contributed by atoms with Crippen molar-refractivity contribution in [1.82, 2.24) is 14.9 Å². The molecule has 5 nitrogen and oxygen atoms in total. The summed E-state index contributed by atoms with van der Waals surface area (Å²) in [6, 6.07) is 10.3. The van der Waals surface area contributed by atoms with Gasteiger partial charge in [0.1, 0.15) is 11.6 Å². The number of piperazine rings is 1. The number of carbonyl (C=O) groups is 1. The predicted octanol–water partition coefficient (Wildman–Crippen LogP) is 4.39. The molecule has 0 radical (unpaired) electrons. The van der Waals surface area contributed by atoms with Crippen molar-refractivity contribution in [3.05, 3.63) is 52.3 Å². The maximum absolute atomic E-state index is 13.1. The van der Waals surface area contributed by atoms with Crippen LogP contribution in [-0.4, -0.2) is 47.0 Å². The number of benzene rings is 1. The van der Waals surface area contributed by atoms with E-state index in [1.807, 2.05) is 30.0 Å². The first-order valence-electron chi connectivity index (χ1n) is 9.82. The summed E-state index contributed by atoms with van der Waals surface area (Å²) in [5, 5.41) is 1.19. The summed E-state index contributed by atoms with van der Waals surface area (Å²) in [6.45, 7) is 11.3. The molecule has 0 N–H and O–H groups in total. The normalized spacial score (nSPS) is 14.9. The fraction of sp³-hybridized carbons (Fsp3) is 0.409. The first-order valence-corrected chi connectivity index (χ1v) is 10.6. The van der Waals surface area contributed by atoms with E-state index in [9.17, 15) is 4.79 Å². The van der Waals surface area contributed by atoms with Gasteiger partial charge in [-0.1, -0.05) is 32.0 Å². The zero-order chi connectivity index (χ0) is 19.8. The fourth-order valence-electron chi connectivity index (χ4n) is 3.66. The van der Waals surface area contributed by atoms with Crippen LogP contribution in [0.3, 0.4) is 0 Å². The van der Waals surface area contributed by atoms with Crippen LogP contribution in [0.1, 0.15) is 46.5 Å². The van der Waals surface area contributed by atoms with Gasteiger partial charge in [-0.15, -0.1) is 11.3 Å². The maximum atomic E-state index is 13.1. The third-order valence-corrected chi connectivity index (χ3v) is 6.56. The van der Waals surface area contributed by atoms with Gasteiger partial charge in [-0.05, 0) is 30.9 Å². The highest BCUT2D eigenvalue weighted by Crippen LogP contribution is 2.31. The highest BCUT2D eigenvalue weighted by Gasteiger charge is 2.26. The SMILES string of the molecule is Cc1cc(N2CCN(C(=O)c3sc4ccccc4c3C)CC2)nc(C(C)C)n1. The van der Waals surface area contributed by atoms with Crippen LogP contribution in [-0.2, 0) is 0 Å². The number of rotatable bonds is 3. The van der Waals surface area contributed by atoms with Crippen LogP contribution in [0, 0.1) is 13.8 Å². The van der Waals surface area contributed by atoms with Gasteiger partial charge in [0, 0.05) is 48.6 Å². The average Bonchev–Trinajstić information content (AvgIpc) is 3.04. The number of anilines is 1. The Kier molecular flexibility index (Phi) is 5.06. The quantitative estimate of drug-likeness (QED) is 0.661. The molecule has 146 valence electrons. The van der Waals surface area contributed by atoms with Crippen molar-refractivity contribution in [2.45, 2.75) is 33.6 Å². The molecule has 0 aliphatic carbocycles. The van der Waals surface area contributed by atoms with Crippen LogP contribution in [0.5, 0.6) is 0 Å². The summed E-state index contributed by atoms with van der Waals surface area (Å²) in [4.78, 5) is 27.5. The molecule has 1 aliphatic rings. The predicted molar refractivity (Wildman–Crippen MR) is 116 cm³/mol. The molecule has 2 aromatic heterocycles. The van der Waals surface area contributed by atoms with Gasteiger partial charge in [-0.2, -0.15) is 0 Å². The largest absolute Gasteiger partial charge is 0.353 e. The van der Waals surface area contributed by atoms with Gasteiger partial charge in [-0.25, -0.2) is 9.97 Å².